The van der Waals surface area contributed by atoms with Crippen LogP contribution in [0.3, 0.4) is 0 Å². The van der Waals surface area contributed by atoms with Crippen molar-refractivity contribution in [2.45, 2.75) is 48.0 Å². The predicted octanol–water partition coefficient (Wildman–Crippen LogP) is 3.07. The molecule has 2 nitrogen and oxygen atoms in total. The molecule has 0 aromatic rings. The minimum absolute atomic E-state index is 0.849. The lowest BCUT2D eigenvalue weighted by Gasteiger charge is -2.01. The molecule has 84 valence electrons. The first-order valence-corrected chi connectivity index (χ1v) is 5.70. The number of hydrogen-bond donors (Lipinski definition) is 1. The van der Waals surface area contributed by atoms with E-state index in [9.17, 15) is 0 Å². The van der Waals surface area contributed by atoms with E-state index in [0.29, 0.717) is 0 Å². The van der Waals surface area contributed by atoms with Crippen LogP contribution in [0, 0.1) is 0 Å². The van der Waals surface area contributed by atoms with E-state index in [-0.39, 0.29) is 0 Å². The van der Waals surface area contributed by atoms with Gasteiger partial charge in [0.05, 0.1) is 6.61 Å². The fourth-order valence-electron chi connectivity index (χ4n) is 0.568. The summed E-state index contributed by atoms with van der Waals surface area (Å²) >= 11 is 0. The Morgan fingerprint density at radius 2 is 1.46 bits per heavy atom. The van der Waals surface area contributed by atoms with Gasteiger partial charge in [0.2, 0.25) is 0 Å². The first-order valence-electron chi connectivity index (χ1n) is 5.70. The number of likely N-dealkylation sites (N-methyl/N-ethyl adjacent to an activating group) is 1. The molecule has 0 radical (unpaired) electrons. The fraction of sp³-hybridized carbons (Fsp3) is 1.00. The monoisotopic (exact) mass is 191 g/mol. The van der Waals surface area contributed by atoms with E-state index in [1.807, 2.05) is 27.7 Å². The second-order valence-corrected chi connectivity index (χ2v) is 1.97. The third kappa shape index (κ3) is 33.5. The Morgan fingerprint density at radius 1 is 0.923 bits per heavy atom. The molecule has 0 aliphatic heterocycles. The van der Waals surface area contributed by atoms with E-state index < -0.39 is 0 Å². The van der Waals surface area contributed by atoms with Crippen molar-refractivity contribution in [3.63, 3.8) is 0 Å². The molecule has 0 aliphatic rings. The molecule has 0 atom stereocenters. The van der Waals surface area contributed by atoms with Gasteiger partial charge in [-0.2, -0.15) is 0 Å². The van der Waals surface area contributed by atoms with Crippen LogP contribution in [0.1, 0.15) is 48.0 Å². The van der Waals surface area contributed by atoms with Crippen molar-refractivity contribution in [3.05, 3.63) is 0 Å². The number of nitrogens with one attached hydrogen (secondary N) is 1. The van der Waals surface area contributed by atoms with Crippen LogP contribution in [-0.4, -0.2) is 26.3 Å². The van der Waals surface area contributed by atoms with Gasteiger partial charge >= 0.3 is 0 Å². The quantitative estimate of drug-likeness (QED) is 0.651. The lowest BCUT2D eigenvalue weighted by molar-refractivity contribution is 0.137. The van der Waals surface area contributed by atoms with Crippen LogP contribution in [0.25, 0.3) is 0 Å². The van der Waals surface area contributed by atoms with Gasteiger partial charge in [-0.3, -0.25) is 0 Å². The van der Waals surface area contributed by atoms with Gasteiger partial charge in [-0.1, -0.05) is 41.5 Å². The van der Waals surface area contributed by atoms with Gasteiger partial charge in [-0.15, -0.1) is 0 Å². The summed E-state index contributed by atoms with van der Waals surface area (Å²) in [5, 5.41) is 3.18. The first-order chi connectivity index (χ1) is 6.41. The lowest BCUT2D eigenvalue weighted by Crippen LogP contribution is -2.18. The largest absolute Gasteiger partial charge is 0.380 e. The molecule has 0 heterocycles. The van der Waals surface area contributed by atoms with Gasteiger partial charge in [-0.05, 0) is 13.0 Å². The van der Waals surface area contributed by atoms with Crippen LogP contribution >= 0.6 is 0 Å². The zero-order chi connectivity index (χ0) is 10.9. The van der Waals surface area contributed by atoms with Gasteiger partial charge in [0, 0.05) is 13.2 Å². The highest BCUT2D eigenvalue weighted by atomic mass is 16.5. The highest BCUT2D eigenvalue weighted by molar-refractivity contribution is 4.39. The molecule has 0 saturated carbocycles. The zero-order valence-electron chi connectivity index (χ0n) is 10.4. The average Bonchev–Trinajstić information content (AvgIpc) is 2.24. The van der Waals surface area contributed by atoms with Crippen molar-refractivity contribution in [2.24, 2.45) is 0 Å². The summed E-state index contributed by atoms with van der Waals surface area (Å²) in [6, 6.07) is 0. The topological polar surface area (TPSA) is 21.3 Å². The summed E-state index contributed by atoms with van der Waals surface area (Å²) in [6.07, 6.45) is 1.12. The van der Waals surface area contributed by atoms with E-state index in [4.69, 9.17) is 4.74 Å². The first kappa shape index (κ1) is 18.7. The minimum Gasteiger partial charge on any atom is -0.380 e. The fourth-order valence-corrected chi connectivity index (χ4v) is 0.568. The normalized spacial score (nSPS) is 7.85. The summed E-state index contributed by atoms with van der Waals surface area (Å²) in [6.45, 7) is 16.0. The van der Waals surface area contributed by atoms with Crippen molar-refractivity contribution in [3.8, 4) is 0 Å². The van der Waals surface area contributed by atoms with Gasteiger partial charge in [0.25, 0.3) is 0 Å². The number of rotatable bonds is 6. The SMILES string of the molecule is CC.CC.CCCOCCNCC. The Labute approximate surface area is 85.1 Å². The van der Waals surface area contributed by atoms with Crippen LogP contribution in [-0.2, 0) is 4.74 Å². The predicted molar refractivity (Wildman–Crippen MR) is 62.3 cm³/mol. The molecular weight excluding hydrogens is 162 g/mol. The van der Waals surface area contributed by atoms with E-state index in [2.05, 4.69) is 19.2 Å². The van der Waals surface area contributed by atoms with Gasteiger partial charge in [-0.25, -0.2) is 0 Å². The van der Waals surface area contributed by atoms with E-state index in [1.54, 1.807) is 0 Å². The lowest BCUT2D eigenvalue weighted by atomic mass is 10.5. The van der Waals surface area contributed by atoms with Gasteiger partial charge in [0.1, 0.15) is 0 Å². The molecule has 0 amide bonds. The summed E-state index contributed by atoms with van der Waals surface area (Å²) in [5.74, 6) is 0. The van der Waals surface area contributed by atoms with Crippen LogP contribution in [0.15, 0.2) is 0 Å². The standard InChI is InChI=1S/C7H17NO.2C2H6/c1-3-6-9-7-5-8-4-2;2*1-2/h8H,3-7H2,1-2H3;2*1-2H3. The van der Waals surface area contributed by atoms with Crippen molar-refractivity contribution in [1.29, 1.82) is 0 Å². The third-order valence-electron chi connectivity index (χ3n) is 1.02. The average molecular weight is 191 g/mol. The molecular formula is C11H29NO. The van der Waals surface area contributed by atoms with E-state index >= 15 is 0 Å². The molecule has 0 aromatic carbocycles. The Balaban J connectivity index is -0.000000218. The maximum Gasteiger partial charge on any atom is 0.0590 e. The summed E-state index contributed by atoms with van der Waals surface area (Å²) in [4.78, 5) is 0. The van der Waals surface area contributed by atoms with Crippen molar-refractivity contribution < 1.29 is 4.74 Å². The molecule has 0 aromatic heterocycles. The summed E-state index contributed by atoms with van der Waals surface area (Å²) < 4.78 is 5.22. The number of ether oxygens (including phenoxy) is 1. The van der Waals surface area contributed by atoms with Crippen molar-refractivity contribution >= 4 is 0 Å². The highest BCUT2D eigenvalue weighted by Gasteiger charge is 1.82. The molecule has 0 saturated heterocycles. The van der Waals surface area contributed by atoms with Crippen LogP contribution in [0.5, 0.6) is 0 Å². The van der Waals surface area contributed by atoms with Gasteiger partial charge in [0.15, 0.2) is 0 Å². The molecule has 0 fully saturated rings. The van der Waals surface area contributed by atoms with E-state index in [0.717, 1.165) is 32.7 Å². The molecule has 0 unspecified atom stereocenters. The minimum atomic E-state index is 0.849. The van der Waals surface area contributed by atoms with Crippen LogP contribution < -0.4 is 5.32 Å². The second kappa shape index (κ2) is 29.7. The molecule has 2 heteroatoms. The smallest absolute Gasteiger partial charge is 0.0590 e. The number of hydrogen-bond acceptors (Lipinski definition) is 2. The molecule has 13 heavy (non-hydrogen) atoms. The summed E-state index contributed by atoms with van der Waals surface area (Å²) in [5.41, 5.74) is 0. The molecule has 0 rings (SSSR count). The molecule has 0 aliphatic carbocycles. The maximum atomic E-state index is 5.22. The zero-order valence-corrected chi connectivity index (χ0v) is 10.4. The van der Waals surface area contributed by atoms with Crippen LogP contribution in [0.2, 0.25) is 0 Å². The van der Waals surface area contributed by atoms with Gasteiger partial charge < -0.3 is 10.1 Å². The van der Waals surface area contributed by atoms with Crippen molar-refractivity contribution in [2.75, 3.05) is 26.3 Å². The van der Waals surface area contributed by atoms with Crippen molar-refractivity contribution in [1.82, 2.24) is 5.32 Å². The molecule has 0 spiro atoms. The highest BCUT2D eigenvalue weighted by Crippen LogP contribution is 1.77. The Kier molecular flexibility index (Phi) is 42.6. The summed E-state index contributed by atoms with van der Waals surface area (Å²) in [7, 11) is 0. The van der Waals surface area contributed by atoms with Crippen LogP contribution in [0.4, 0.5) is 0 Å². The molecule has 0 bridgehead atoms. The Morgan fingerprint density at radius 3 is 1.85 bits per heavy atom. The molecule has 1 N–H and O–H groups in total. The Bertz CT molecular complexity index is 43.4. The third-order valence-corrected chi connectivity index (χ3v) is 1.02. The van der Waals surface area contributed by atoms with E-state index in [1.165, 1.54) is 0 Å². The Hall–Kier alpha value is -0.0800. The maximum absolute atomic E-state index is 5.22. The second-order valence-electron chi connectivity index (χ2n) is 1.97.